The van der Waals surface area contributed by atoms with Crippen LogP contribution in [0.25, 0.3) is 10.9 Å². The molecule has 1 saturated heterocycles. The number of piperidine rings is 1. The second kappa shape index (κ2) is 5.78. The van der Waals surface area contributed by atoms with Crippen LogP contribution in [0, 0.1) is 0 Å². The van der Waals surface area contributed by atoms with Gasteiger partial charge in [0.15, 0.2) is 0 Å². The third kappa shape index (κ3) is 2.93. The van der Waals surface area contributed by atoms with Crippen molar-refractivity contribution >= 4 is 42.8 Å². The first-order valence-electron chi connectivity index (χ1n) is 7.11. The number of nitrogens with zero attached hydrogens (tertiary/aromatic N) is 1. The normalized spacial score (nSPS) is 18.8. The molecule has 1 fully saturated rings. The van der Waals surface area contributed by atoms with Gasteiger partial charge in [0.1, 0.15) is 10.6 Å². The summed E-state index contributed by atoms with van der Waals surface area (Å²) in [5.74, 6) is -4.06. The number of alkyl halides is 2. The molecule has 3 N–H and O–H groups in total. The Morgan fingerprint density at radius 1 is 1.38 bits per heavy atom. The average Bonchev–Trinajstić information content (AvgIpc) is 2.85. The molecule has 1 aliphatic heterocycles. The number of sulfonamides is 1. The lowest BCUT2D eigenvalue weighted by Crippen LogP contribution is -2.45. The van der Waals surface area contributed by atoms with Crippen molar-refractivity contribution in [1.82, 2.24) is 9.29 Å². The van der Waals surface area contributed by atoms with Gasteiger partial charge in [-0.1, -0.05) is 15.9 Å². The fraction of sp³-hybridized carbons (Fsp3) is 0.357. The van der Waals surface area contributed by atoms with E-state index in [1.54, 1.807) is 12.1 Å². The lowest BCUT2D eigenvalue weighted by Gasteiger charge is -2.31. The molecule has 0 radical (unpaired) electrons. The molecular weight excluding hydrogens is 408 g/mol. The van der Waals surface area contributed by atoms with Crippen LogP contribution in [0.15, 0.2) is 27.6 Å². The Labute approximate surface area is 145 Å². The molecule has 1 aromatic heterocycles. The van der Waals surface area contributed by atoms with Gasteiger partial charge in [0.05, 0.1) is 6.54 Å². The highest BCUT2D eigenvalue weighted by Crippen LogP contribution is 2.35. The van der Waals surface area contributed by atoms with E-state index in [1.165, 1.54) is 6.07 Å². The Hall–Kier alpha value is -1.52. The number of nitrogens with one attached hydrogen (secondary N) is 1. The maximum Gasteiger partial charge on any atom is 0.266 e. The van der Waals surface area contributed by atoms with Crippen molar-refractivity contribution in [2.24, 2.45) is 5.73 Å². The zero-order chi connectivity index (χ0) is 17.7. The van der Waals surface area contributed by atoms with Crippen molar-refractivity contribution in [3.63, 3.8) is 0 Å². The van der Waals surface area contributed by atoms with Crippen molar-refractivity contribution in [1.29, 1.82) is 0 Å². The summed E-state index contributed by atoms with van der Waals surface area (Å²) in [6.45, 7) is -0.939. The minimum absolute atomic E-state index is 0.0310. The fourth-order valence-electron chi connectivity index (χ4n) is 2.85. The number of nitrogens with two attached hydrogens (primary N) is 1. The molecular formula is C14H14BrF2N3O3S. The smallest absolute Gasteiger partial charge is 0.266 e. The number of carbonyl (C=O) groups is 1. The molecule has 0 atom stereocenters. The van der Waals surface area contributed by atoms with E-state index in [9.17, 15) is 22.0 Å². The topological polar surface area (TPSA) is 96.3 Å². The SMILES string of the molecule is NC(=O)c1[nH]c2ccc(Br)cc2c1S(=O)(=O)N1CCCC(F)(F)C1. The Kier molecular flexibility index (Phi) is 4.17. The number of H-pyrrole nitrogens is 1. The molecule has 130 valence electrons. The van der Waals surface area contributed by atoms with Crippen LogP contribution in [-0.2, 0) is 10.0 Å². The van der Waals surface area contributed by atoms with E-state index in [0.717, 1.165) is 0 Å². The van der Waals surface area contributed by atoms with Crippen LogP contribution in [0.1, 0.15) is 23.3 Å². The molecule has 0 aliphatic carbocycles. The van der Waals surface area contributed by atoms with E-state index >= 15 is 0 Å². The van der Waals surface area contributed by atoms with Crippen molar-refractivity contribution in [3.05, 3.63) is 28.4 Å². The molecule has 1 aromatic carbocycles. The summed E-state index contributed by atoms with van der Waals surface area (Å²) in [7, 11) is -4.31. The number of carbonyl (C=O) groups excluding carboxylic acids is 1. The highest BCUT2D eigenvalue weighted by Gasteiger charge is 2.42. The van der Waals surface area contributed by atoms with E-state index < -0.39 is 28.4 Å². The van der Waals surface area contributed by atoms with Gasteiger partial charge in [0, 0.05) is 28.3 Å². The van der Waals surface area contributed by atoms with Crippen molar-refractivity contribution in [3.8, 4) is 0 Å². The summed E-state index contributed by atoms with van der Waals surface area (Å²) in [5, 5.41) is 0.229. The molecule has 0 unspecified atom stereocenters. The summed E-state index contributed by atoms with van der Waals surface area (Å²) in [4.78, 5) is 14.0. The first-order valence-corrected chi connectivity index (χ1v) is 9.34. The largest absolute Gasteiger partial charge is 0.364 e. The molecule has 1 aliphatic rings. The second-order valence-corrected chi connectivity index (χ2v) is 8.47. The molecule has 3 rings (SSSR count). The molecule has 0 saturated carbocycles. The zero-order valence-corrected chi connectivity index (χ0v) is 14.8. The van der Waals surface area contributed by atoms with Gasteiger partial charge in [0.2, 0.25) is 10.0 Å². The molecule has 24 heavy (non-hydrogen) atoms. The maximum absolute atomic E-state index is 13.7. The number of hydrogen-bond acceptors (Lipinski definition) is 3. The quantitative estimate of drug-likeness (QED) is 0.796. The maximum atomic E-state index is 13.7. The van der Waals surface area contributed by atoms with Gasteiger partial charge in [0.25, 0.3) is 11.8 Å². The van der Waals surface area contributed by atoms with Gasteiger partial charge in [-0.05, 0) is 24.6 Å². The number of halogens is 3. The summed E-state index contributed by atoms with van der Waals surface area (Å²) in [6.07, 6.45) is -0.314. The van der Waals surface area contributed by atoms with Crippen LogP contribution in [-0.4, -0.2) is 42.6 Å². The van der Waals surface area contributed by atoms with E-state index in [4.69, 9.17) is 5.73 Å². The molecule has 2 heterocycles. The molecule has 0 spiro atoms. The number of aromatic amines is 1. The Balaban J connectivity index is 2.21. The first kappa shape index (κ1) is 17.3. The minimum Gasteiger partial charge on any atom is -0.364 e. The van der Waals surface area contributed by atoms with Crippen LogP contribution in [0.4, 0.5) is 8.78 Å². The number of fused-ring (bicyclic) bond motifs is 1. The first-order chi connectivity index (χ1) is 11.1. The molecule has 6 nitrogen and oxygen atoms in total. The number of rotatable bonds is 3. The Morgan fingerprint density at radius 3 is 2.71 bits per heavy atom. The monoisotopic (exact) mass is 421 g/mol. The number of primary amides is 1. The second-order valence-electron chi connectivity index (χ2n) is 5.68. The summed E-state index contributed by atoms with van der Waals surface area (Å²) < 4.78 is 54.5. The van der Waals surface area contributed by atoms with E-state index in [2.05, 4.69) is 20.9 Å². The van der Waals surface area contributed by atoms with Gasteiger partial charge < -0.3 is 10.7 Å². The van der Waals surface area contributed by atoms with Gasteiger partial charge in [-0.25, -0.2) is 17.2 Å². The molecule has 1 amide bonds. The highest BCUT2D eigenvalue weighted by atomic mass is 79.9. The van der Waals surface area contributed by atoms with Crippen LogP contribution in [0.5, 0.6) is 0 Å². The Morgan fingerprint density at radius 2 is 2.08 bits per heavy atom. The number of aromatic nitrogens is 1. The van der Waals surface area contributed by atoms with Crippen LogP contribution < -0.4 is 5.73 Å². The zero-order valence-electron chi connectivity index (χ0n) is 12.4. The third-order valence-electron chi connectivity index (χ3n) is 3.91. The third-order valence-corrected chi connectivity index (χ3v) is 6.34. The van der Waals surface area contributed by atoms with Gasteiger partial charge in [-0.15, -0.1) is 0 Å². The summed E-state index contributed by atoms with van der Waals surface area (Å²) in [5.41, 5.74) is 5.36. The van der Waals surface area contributed by atoms with Crippen LogP contribution in [0.2, 0.25) is 0 Å². The van der Waals surface area contributed by atoms with E-state index in [0.29, 0.717) is 14.3 Å². The summed E-state index contributed by atoms with van der Waals surface area (Å²) >= 11 is 3.24. The number of hydrogen-bond donors (Lipinski definition) is 2. The van der Waals surface area contributed by atoms with Crippen molar-refractivity contribution < 1.29 is 22.0 Å². The highest BCUT2D eigenvalue weighted by molar-refractivity contribution is 9.10. The van der Waals surface area contributed by atoms with Crippen LogP contribution >= 0.6 is 15.9 Å². The molecule has 10 heteroatoms. The van der Waals surface area contributed by atoms with Gasteiger partial charge in [-0.2, -0.15) is 4.31 Å². The lowest BCUT2D eigenvalue weighted by atomic mass is 10.1. The van der Waals surface area contributed by atoms with Crippen LogP contribution in [0.3, 0.4) is 0 Å². The van der Waals surface area contributed by atoms with E-state index in [1.807, 2.05) is 0 Å². The Bertz CT molecular complexity index is 927. The van der Waals surface area contributed by atoms with Crippen molar-refractivity contribution in [2.45, 2.75) is 23.7 Å². The number of benzene rings is 1. The van der Waals surface area contributed by atoms with Crippen molar-refractivity contribution in [2.75, 3.05) is 13.1 Å². The molecule has 0 bridgehead atoms. The summed E-state index contributed by atoms with van der Waals surface area (Å²) in [6, 6.07) is 4.75. The fourth-order valence-corrected chi connectivity index (χ4v) is 5.05. The number of amides is 1. The minimum atomic E-state index is -4.31. The van der Waals surface area contributed by atoms with Gasteiger partial charge >= 0.3 is 0 Å². The predicted molar refractivity (Wildman–Crippen MR) is 87.5 cm³/mol. The lowest BCUT2D eigenvalue weighted by molar-refractivity contribution is -0.0433. The predicted octanol–water partition coefficient (Wildman–Crippen LogP) is 2.45. The van der Waals surface area contributed by atoms with E-state index in [-0.39, 0.29) is 35.4 Å². The average molecular weight is 422 g/mol. The standard InChI is InChI=1S/C14H14BrF2N3O3S/c15-8-2-3-10-9(6-8)12(11(19-10)13(18)21)24(22,23)20-5-1-4-14(16,17)7-20/h2-3,6,19H,1,4-5,7H2,(H2,18,21). The molecule has 2 aromatic rings. The van der Waals surface area contributed by atoms with Gasteiger partial charge in [-0.3, -0.25) is 4.79 Å².